The van der Waals surface area contributed by atoms with E-state index >= 15 is 0 Å². The van der Waals surface area contributed by atoms with Crippen molar-refractivity contribution in [2.24, 2.45) is 0 Å². The zero-order valence-electron chi connectivity index (χ0n) is 17.6. The van der Waals surface area contributed by atoms with Gasteiger partial charge in [0.25, 0.3) is 5.91 Å². The summed E-state index contributed by atoms with van der Waals surface area (Å²) in [7, 11) is 3.02. The summed E-state index contributed by atoms with van der Waals surface area (Å²) in [6.07, 6.45) is 0. The van der Waals surface area contributed by atoms with E-state index in [9.17, 15) is 14.0 Å². The molecular formula is C25H17ClFNO5. The number of amides is 1. The number of nitrogens with zero attached hydrogens (tertiary/aromatic N) is 1. The Hall–Kier alpha value is -3.84. The number of hydrogen-bond donors (Lipinski definition) is 0. The lowest BCUT2D eigenvalue weighted by molar-refractivity contribution is 0.0971. The maximum atomic E-state index is 13.9. The van der Waals surface area contributed by atoms with E-state index in [2.05, 4.69) is 0 Å². The van der Waals surface area contributed by atoms with Crippen molar-refractivity contribution < 1.29 is 23.1 Å². The van der Waals surface area contributed by atoms with Crippen LogP contribution >= 0.6 is 11.6 Å². The predicted molar refractivity (Wildman–Crippen MR) is 122 cm³/mol. The van der Waals surface area contributed by atoms with E-state index in [-0.39, 0.29) is 22.3 Å². The van der Waals surface area contributed by atoms with Crippen molar-refractivity contribution in [3.05, 3.63) is 98.6 Å². The Kier molecular flexibility index (Phi) is 5.06. The van der Waals surface area contributed by atoms with Crippen LogP contribution in [0.2, 0.25) is 5.02 Å². The van der Waals surface area contributed by atoms with Crippen LogP contribution in [-0.4, -0.2) is 20.1 Å². The van der Waals surface area contributed by atoms with Gasteiger partial charge in [-0.05, 0) is 54.1 Å². The highest BCUT2D eigenvalue weighted by atomic mass is 35.5. The molecule has 1 atom stereocenters. The molecule has 0 saturated carbocycles. The first-order valence-corrected chi connectivity index (χ1v) is 10.4. The molecule has 4 aromatic rings. The van der Waals surface area contributed by atoms with E-state index in [0.29, 0.717) is 27.8 Å². The van der Waals surface area contributed by atoms with E-state index in [1.54, 1.807) is 42.5 Å². The molecule has 0 bridgehead atoms. The van der Waals surface area contributed by atoms with Crippen LogP contribution in [0.15, 0.2) is 69.9 Å². The molecule has 1 amide bonds. The van der Waals surface area contributed by atoms with Gasteiger partial charge in [0.2, 0.25) is 5.76 Å². The Morgan fingerprint density at radius 2 is 1.82 bits per heavy atom. The number of rotatable bonds is 4. The van der Waals surface area contributed by atoms with Gasteiger partial charge < -0.3 is 13.9 Å². The molecule has 166 valence electrons. The minimum Gasteiger partial charge on any atom is -0.497 e. The maximum Gasteiger partial charge on any atom is 0.295 e. The van der Waals surface area contributed by atoms with Gasteiger partial charge in [0.05, 0.1) is 36.2 Å². The normalized spacial score (nSPS) is 15.1. The van der Waals surface area contributed by atoms with Crippen LogP contribution in [0.3, 0.4) is 0 Å². The van der Waals surface area contributed by atoms with Gasteiger partial charge in [-0.15, -0.1) is 0 Å². The summed E-state index contributed by atoms with van der Waals surface area (Å²) in [5.74, 6) is -0.188. The maximum absolute atomic E-state index is 13.9. The first-order chi connectivity index (χ1) is 15.9. The molecule has 2 heterocycles. The van der Waals surface area contributed by atoms with Gasteiger partial charge in [-0.25, -0.2) is 4.39 Å². The minimum absolute atomic E-state index is 0.0593. The highest BCUT2D eigenvalue weighted by Gasteiger charge is 2.44. The second-order valence-corrected chi connectivity index (χ2v) is 7.89. The molecule has 6 nitrogen and oxygen atoms in total. The molecule has 1 aliphatic rings. The van der Waals surface area contributed by atoms with E-state index in [4.69, 9.17) is 25.5 Å². The number of fused-ring (bicyclic) bond motifs is 2. The highest BCUT2D eigenvalue weighted by molar-refractivity contribution is 6.32. The van der Waals surface area contributed by atoms with Crippen molar-refractivity contribution in [3.63, 3.8) is 0 Å². The number of ether oxygens (including phenoxy) is 2. The second kappa shape index (κ2) is 7.94. The molecule has 1 unspecified atom stereocenters. The Bertz CT molecular complexity index is 1480. The van der Waals surface area contributed by atoms with Crippen LogP contribution in [0.4, 0.5) is 10.1 Å². The third-order valence-corrected chi connectivity index (χ3v) is 5.95. The van der Waals surface area contributed by atoms with Crippen molar-refractivity contribution >= 4 is 34.2 Å². The fraction of sp³-hybridized carbons (Fsp3) is 0.120. The van der Waals surface area contributed by atoms with Gasteiger partial charge in [0.15, 0.2) is 5.43 Å². The number of anilines is 1. The average molecular weight is 466 g/mol. The smallest absolute Gasteiger partial charge is 0.295 e. The van der Waals surface area contributed by atoms with Crippen molar-refractivity contribution in [2.45, 2.75) is 6.04 Å². The third-order valence-electron chi connectivity index (χ3n) is 5.66. The Morgan fingerprint density at radius 1 is 1.00 bits per heavy atom. The molecule has 8 heteroatoms. The molecule has 5 rings (SSSR count). The van der Waals surface area contributed by atoms with Gasteiger partial charge in [-0.1, -0.05) is 23.7 Å². The summed E-state index contributed by atoms with van der Waals surface area (Å²) in [6.45, 7) is 0. The molecule has 0 radical (unpaired) electrons. The minimum atomic E-state index is -0.837. The number of carbonyl (C=O) groups is 1. The highest BCUT2D eigenvalue weighted by Crippen LogP contribution is 2.43. The summed E-state index contributed by atoms with van der Waals surface area (Å²) < 4.78 is 30.3. The Balaban J connectivity index is 1.80. The number of methoxy groups -OCH3 is 2. The second-order valence-electron chi connectivity index (χ2n) is 7.49. The van der Waals surface area contributed by atoms with Crippen molar-refractivity contribution in [3.8, 4) is 11.5 Å². The average Bonchev–Trinajstić information content (AvgIpc) is 3.12. The van der Waals surface area contributed by atoms with Crippen molar-refractivity contribution in [1.29, 1.82) is 0 Å². The quantitative estimate of drug-likeness (QED) is 0.406. The number of benzene rings is 3. The molecule has 33 heavy (non-hydrogen) atoms. The fourth-order valence-electron chi connectivity index (χ4n) is 4.14. The summed E-state index contributed by atoms with van der Waals surface area (Å²) in [6, 6.07) is 14.7. The van der Waals surface area contributed by atoms with E-state index in [1.807, 2.05) is 0 Å². The topological polar surface area (TPSA) is 69.0 Å². The summed E-state index contributed by atoms with van der Waals surface area (Å²) in [5.41, 5.74) is 0.843. The predicted octanol–water partition coefficient (Wildman–Crippen LogP) is 5.35. The van der Waals surface area contributed by atoms with Crippen molar-refractivity contribution in [1.82, 2.24) is 0 Å². The van der Waals surface area contributed by atoms with E-state index < -0.39 is 23.2 Å². The molecule has 0 saturated heterocycles. The summed E-state index contributed by atoms with van der Waals surface area (Å²) in [4.78, 5) is 28.5. The molecule has 0 spiro atoms. The lowest BCUT2D eigenvalue weighted by Gasteiger charge is -2.26. The lowest BCUT2D eigenvalue weighted by atomic mass is 9.98. The molecule has 1 aromatic heterocycles. The Morgan fingerprint density at radius 3 is 2.55 bits per heavy atom. The van der Waals surface area contributed by atoms with Crippen LogP contribution in [0.1, 0.15) is 27.7 Å². The number of carbonyl (C=O) groups excluding carboxylic acids is 1. The lowest BCUT2D eigenvalue weighted by Crippen LogP contribution is -2.29. The van der Waals surface area contributed by atoms with E-state index in [0.717, 1.165) is 6.07 Å². The molecule has 1 aliphatic heterocycles. The standard InChI is InChI=1S/C25H17ClFNO5/c1-31-16-5-3-4-13(10-16)22-21-23(29)17-11-14(27)6-8-19(17)33-24(21)25(30)28(22)15-7-9-20(32-2)18(26)12-15/h3-12,22H,1-2H3. The zero-order valence-corrected chi connectivity index (χ0v) is 18.4. The Labute approximate surface area is 192 Å². The molecular weight excluding hydrogens is 449 g/mol. The van der Waals surface area contributed by atoms with Crippen LogP contribution in [0.25, 0.3) is 11.0 Å². The monoisotopic (exact) mass is 465 g/mol. The van der Waals surface area contributed by atoms with E-state index in [1.165, 1.54) is 31.3 Å². The van der Waals surface area contributed by atoms with Crippen molar-refractivity contribution in [2.75, 3.05) is 19.1 Å². The zero-order chi connectivity index (χ0) is 23.3. The first kappa shape index (κ1) is 21.0. The van der Waals surface area contributed by atoms with Gasteiger partial charge in [0, 0.05) is 5.69 Å². The van der Waals surface area contributed by atoms with Crippen LogP contribution < -0.4 is 19.8 Å². The fourth-order valence-corrected chi connectivity index (χ4v) is 4.40. The van der Waals surface area contributed by atoms with Crippen LogP contribution in [0.5, 0.6) is 11.5 Å². The van der Waals surface area contributed by atoms with Gasteiger partial charge >= 0.3 is 0 Å². The SMILES string of the molecule is COc1cccc(C2c3c(oc4ccc(F)cc4c3=O)C(=O)N2c2ccc(OC)c(Cl)c2)c1. The van der Waals surface area contributed by atoms with Crippen LogP contribution in [-0.2, 0) is 0 Å². The summed E-state index contributed by atoms with van der Waals surface area (Å²) in [5, 5.41) is 0.360. The van der Waals surface area contributed by atoms with Gasteiger partial charge in [-0.2, -0.15) is 0 Å². The summed E-state index contributed by atoms with van der Waals surface area (Å²) >= 11 is 6.33. The van der Waals surface area contributed by atoms with Crippen LogP contribution in [0, 0.1) is 5.82 Å². The van der Waals surface area contributed by atoms with Gasteiger partial charge in [-0.3, -0.25) is 14.5 Å². The first-order valence-electron chi connectivity index (χ1n) is 10.00. The molecule has 0 aliphatic carbocycles. The molecule has 0 N–H and O–H groups in total. The number of halogens is 2. The van der Waals surface area contributed by atoms with Gasteiger partial charge in [0.1, 0.15) is 22.9 Å². The molecule has 0 fully saturated rings. The third kappa shape index (κ3) is 3.32. The molecule has 3 aromatic carbocycles. The largest absolute Gasteiger partial charge is 0.497 e. The number of hydrogen-bond acceptors (Lipinski definition) is 5.